The van der Waals surface area contributed by atoms with Crippen LogP contribution in [0.2, 0.25) is 0 Å². The molecule has 0 spiro atoms. The van der Waals surface area contributed by atoms with Gasteiger partial charge in [0.25, 0.3) is 0 Å². The highest BCUT2D eigenvalue weighted by molar-refractivity contribution is 6.11. The van der Waals surface area contributed by atoms with Crippen LogP contribution in [0.3, 0.4) is 0 Å². The topological polar surface area (TPSA) is 94.8 Å². The molecular weight excluding hydrogens is 410 g/mol. The average molecular weight is 437 g/mol. The highest BCUT2D eigenvalue weighted by Crippen LogP contribution is 2.32. The van der Waals surface area contributed by atoms with E-state index in [0.717, 1.165) is 10.1 Å². The number of nitrogens with zero attached hydrogens (tertiary/aromatic N) is 1. The second kappa shape index (κ2) is 8.15. The third-order valence-corrected chi connectivity index (χ3v) is 4.42. The number of fused-ring (bicyclic) bond motifs is 1. The number of ether oxygens (including phenoxy) is 2. The Kier molecular flexibility index (Phi) is 5.87. The SMILES string of the molecule is CC(C)(C)OC(=O)c1cc(-c2ccccc2)cc2cc(C(=O)O)n(C(=O)OC(C)(C)C)c12. The van der Waals surface area contributed by atoms with E-state index in [1.807, 2.05) is 30.3 Å². The first-order valence-electron chi connectivity index (χ1n) is 10.2. The highest BCUT2D eigenvalue weighted by atomic mass is 16.6. The maximum absolute atomic E-state index is 13.2. The lowest BCUT2D eigenvalue weighted by atomic mass is 10.00. The Bertz CT molecular complexity index is 1190. The third-order valence-electron chi connectivity index (χ3n) is 4.42. The number of carboxylic acids is 1. The minimum Gasteiger partial charge on any atom is -0.477 e. The van der Waals surface area contributed by atoms with Gasteiger partial charge in [0.1, 0.15) is 16.9 Å². The van der Waals surface area contributed by atoms with Crippen LogP contribution in [-0.2, 0) is 9.47 Å². The zero-order valence-electron chi connectivity index (χ0n) is 19.1. The van der Waals surface area contributed by atoms with Gasteiger partial charge < -0.3 is 14.6 Å². The standard InChI is InChI=1S/C25H27NO6/c1-24(2,3)31-22(29)18-13-16(15-10-8-7-9-11-15)12-17-14-19(21(27)28)26(20(17)18)23(30)32-25(4,5)6/h7-14H,1-6H3,(H,27,28). The summed E-state index contributed by atoms with van der Waals surface area (Å²) in [5.41, 5.74) is -0.215. The molecule has 7 nitrogen and oxygen atoms in total. The summed E-state index contributed by atoms with van der Waals surface area (Å²) in [7, 11) is 0. The molecule has 2 aromatic carbocycles. The van der Waals surface area contributed by atoms with E-state index in [1.54, 1.807) is 53.7 Å². The number of carboxylic acid groups (broad SMARTS) is 1. The predicted octanol–water partition coefficient (Wildman–Crippen LogP) is 5.75. The largest absolute Gasteiger partial charge is 0.477 e. The zero-order chi connectivity index (χ0) is 23.8. The molecule has 7 heteroatoms. The lowest BCUT2D eigenvalue weighted by Crippen LogP contribution is -2.29. The van der Waals surface area contributed by atoms with Crippen LogP contribution in [0.15, 0.2) is 48.5 Å². The summed E-state index contributed by atoms with van der Waals surface area (Å²) < 4.78 is 11.9. The molecule has 0 saturated heterocycles. The molecule has 3 aromatic rings. The van der Waals surface area contributed by atoms with Gasteiger partial charge in [-0.05, 0) is 70.9 Å². The van der Waals surface area contributed by atoms with Crippen molar-refractivity contribution in [2.24, 2.45) is 0 Å². The summed E-state index contributed by atoms with van der Waals surface area (Å²) in [6, 6.07) is 14.1. The monoisotopic (exact) mass is 437 g/mol. The van der Waals surface area contributed by atoms with Crippen molar-refractivity contribution < 1.29 is 29.0 Å². The van der Waals surface area contributed by atoms with E-state index in [4.69, 9.17) is 9.47 Å². The fraction of sp³-hybridized carbons (Fsp3) is 0.320. The van der Waals surface area contributed by atoms with Gasteiger partial charge in [0, 0.05) is 5.39 Å². The Morgan fingerprint density at radius 1 is 0.812 bits per heavy atom. The van der Waals surface area contributed by atoms with Crippen LogP contribution in [0.1, 0.15) is 62.4 Å². The van der Waals surface area contributed by atoms with Gasteiger partial charge in [0.2, 0.25) is 0 Å². The van der Waals surface area contributed by atoms with Crippen LogP contribution in [0.5, 0.6) is 0 Å². The molecule has 0 fully saturated rings. The smallest absolute Gasteiger partial charge is 0.419 e. The number of aromatic carboxylic acids is 1. The van der Waals surface area contributed by atoms with Crippen molar-refractivity contribution in [1.29, 1.82) is 0 Å². The Morgan fingerprint density at radius 3 is 1.94 bits per heavy atom. The molecule has 1 aromatic heterocycles. The molecule has 3 rings (SSSR count). The van der Waals surface area contributed by atoms with Gasteiger partial charge in [-0.3, -0.25) is 0 Å². The van der Waals surface area contributed by atoms with E-state index in [-0.39, 0.29) is 16.8 Å². The summed E-state index contributed by atoms with van der Waals surface area (Å²) in [5, 5.41) is 10.2. The Hall–Kier alpha value is -3.61. The Labute approximate surface area is 186 Å². The first-order chi connectivity index (χ1) is 14.8. The number of rotatable bonds is 3. The summed E-state index contributed by atoms with van der Waals surface area (Å²) >= 11 is 0. The number of aromatic nitrogens is 1. The molecule has 32 heavy (non-hydrogen) atoms. The molecule has 0 unspecified atom stereocenters. The molecule has 168 valence electrons. The maximum Gasteiger partial charge on any atom is 0.419 e. The highest BCUT2D eigenvalue weighted by Gasteiger charge is 2.30. The Morgan fingerprint density at radius 2 is 1.41 bits per heavy atom. The predicted molar refractivity (Wildman–Crippen MR) is 121 cm³/mol. The minimum atomic E-state index is -1.32. The van der Waals surface area contributed by atoms with Crippen molar-refractivity contribution in [3.05, 3.63) is 59.8 Å². The van der Waals surface area contributed by atoms with E-state index in [0.29, 0.717) is 10.9 Å². The van der Waals surface area contributed by atoms with E-state index in [1.165, 1.54) is 6.07 Å². The number of carbonyl (C=O) groups excluding carboxylic acids is 2. The molecule has 0 amide bonds. The van der Waals surface area contributed by atoms with Gasteiger partial charge in [-0.15, -0.1) is 0 Å². The number of esters is 1. The fourth-order valence-corrected chi connectivity index (χ4v) is 3.29. The van der Waals surface area contributed by atoms with Crippen molar-refractivity contribution >= 4 is 28.9 Å². The van der Waals surface area contributed by atoms with Crippen LogP contribution < -0.4 is 0 Å². The number of hydrogen-bond acceptors (Lipinski definition) is 5. The van der Waals surface area contributed by atoms with Crippen molar-refractivity contribution in [3.63, 3.8) is 0 Å². The van der Waals surface area contributed by atoms with Gasteiger partial charge >= 0.3 is 18.0 Å². The van der Waals surface area contributed by atoms with Gasteiger partial charge in [-0.1, -0.05) is 30.3 Å². The van der Waals surface area contributed by atoms with Crippen molar-refractivity contribution in [2.75, 3.05) is 0 Å². The fourth-order valence-electron chi connectivity index (χ4n) is 3.29. The molecular formula is C25H27NO6. The van der Waals surface area contributed by atoms with Crippen molar-refractivity contribution in [3.8, 4) is 11.1 Å². The first-order valence-corrected chi connectivity index (χ1v) is 10.2. The van der Waals surface area contributed by atoms with E-state index >= 15 is 0 Å². The lowest BCUT2D eigenvalue weighted by Gasteiger charge is -2.22. The van der Waals surface area contributed by atoms with E-state index < -0.39 is 29.2 Å². The quantitative estimate of drug-likeness (QED) is 0.525. The van der Waals surface area contributed by atoms with Crippen LogP contribution >= 0.6 is 0 Å². The third kappa shape index (κ3) is 4.99. The van der Waals surface area contributed by atoms with Gasteiger partial charge in [0.15, 0.2) is 0 Å². The molecule has 0 radical (unpaired) electrons. The molecule has 0 aliphatic rings. The van der Waals surface area contributed by atoms with Gasteiger partial charge in [-0.2, -0.15) is 0 Å². The normalized spacial score (nSPS) is 11.9. The molecule has 0 saturated carbocycles. The molecule has 1 heterocycles. The second-order valence-electron chi connectivity index (χ2n) is 9.48. The number of benzene rings is 2. The molecule has 0 aliphatic carbocycles. The number of hydrogen-bond donors (Lipinski definition) is 1. The van der Waals surface area contributed by atoms with Crippen LogP contribution in [0, 0.1) is 0 Å². The van der Waals surface area contributed by atoms with Crippen molar-refractivity contribution in [1.82, 2.24) is 4.57 Å². The molecule has 0 bridgehead atoms. The van der Waals surface area contributed by atoms with E-state index in [2.05, 4.69) is 0 Å². The maximum atomic E-state index is 13.2. The van der Waals surface area contributed by atoms with Crippen LogP contribution in [0.4, 0.5) is 4.79 Å². The molecule has 0 atom stereocenters. The Balaban J connectivity index is 2.35. The summed E-state index contributed by atoms with van der Waals surface area (Å²) in [5.74, 6) is -1.98. The average Bonchev–Trinajstić information content (AvgIpc) is 3.05. The summed E-state index contributed by atoms with van der Waals surface area (Å²) in [4.78, 5) is 38.1. The summed E-state index contributed by atoms with van der Waals surface area (Å²) in [6.07, 6.45) is -0.887. The van der Waals surface area contributed by atoms with Gasteiger partial charge in [-0.25, -0.2) is 19.0 Å². The minimum absolute atomic E-state index is 0.0784. The second-order valence-corrected chi connectivity index (χ2v) is 9.48. The summed E-state index contributed by atoms with van der Waals surface area (Å²) in [6.45, 7) is 10.2. The van der Waals surface area contributed by atoms with Crippen molar-refractivity contribution in [2.45, 2.75) is 52.7 Å². The lowest BCUT2D eigenvalue weighted by molar-refractivity contribution is 0.00712. The van der Waals surface area contributed by atoms with E-state index in [9.17, 15) is 19.5 Å². The first kappa shape index (κ1) is 23.1. The molecule has 1 N–H and O–H groups in total. The zero-order valence-corrected chi connectivity index (χ0v) is 19.1. The van der Waals surface area contributed by atoms with Crippen LogP contribution in [-0.4, -0.2) is 38.9 Å². The van der Waals surface area contributed by atoms with Crippen LogP contribution in [0.25, 0.3) is 22.0 Å². The van der Waals surface area contributed by atoms with Gasteiger partial charge in [0.05, 0.1) is 11.1 Å². The number of carbonyl (C=O) groups is 3. The molecule has 0 aliphatic heterocycles.